The molecule has 2 heterocycles. The lowest BCUT2D eigenvalue weighted by atomic mass is 9.93. The fourth-order valence-electron chi connectivity index (χ4n) is 3.76. The smallest absolute Gasteiger partial charge is 0.238 e. The standard InChI is InChI=1S/C24H20ClN3O3S/c1-15-21(16-5-9-19(25)10-6-16)22(17-7-11-20(12-8-17)32(26,30)31)23(28(15)2)24(29)18-4-3-13-27-14-18/h3-14H,1-2H3,(H2,26,30,31). The zero-order chi connectivity index (χ0) is 23.0. The molecule has 0 radical (unpaired) electrons. The van der Waals surface area contributed by atoms with E-state index in [0.29, 0.717) is 27.4 Å². The molecular formula is C24H20ClN3O3S. The van der Waals surface area contributed by atoms with E-state index in [1.54, 1.807) is 42.6 Å². The lowest BCUT2D eigenvalue weighted by Gasteiger charge is -2.10. The van der Waals surface area contributed by atoms with Gasteiger partial charge in [0.2, 0.25) is 15.8 Å². The summed E-state index contributed by atoms with van der Waals surface area (Å²) in [6, 6.07) is 17.0. The highest BCUT2D eigenvalue weighted by molar-refractivity contribution is 7.89. The van der Waals surface area contributed by atoms with E-state index in [-0.39, 0.29) is 10.7 Å². The zero-order valence-corrected chi connectivity index (χ0v) is 19.0. The number of ketones is 1. The quantitative estimate of drug-likeness (QED) is 0.436. The molecule has 2 aromatic carbocycles. The number of carbonyl (C=O) groups is 1. The molecule has 0 fully saturated rings. The van der Waals surface area contributed by atoms with E-state index in [1.165, 1.54) is 18.3 Å². The number of hydrogen-bond acceptors (Lipinski definition) is 4. The molecule has 2 aromatic heterocycles. The van der Waals surface area contributed by atoms with E-state index in [1.807, 2.05) is 30.7 Å². The van der Waals surface area contributed by atoms with Crippen LogP contribution in [-0.2, 0) is 17.1 Å². The fraction of sp³-hybridized carbons (Fsp3) is 0.0833. The third kappa shape index (κ3) is 3.98. The first-order valence-corrected chi connectivity index (χ1v) is 11.6. The second-order valence-corrected chi connectivity index (χ2v) is 9.39. The largest absolute Gasteiger partial charge is 0.344 e. The summed E-state index contributed by atoms with van der Waals surface area (Å²) in [5.41, 5.74) is 4.95. The molecule has 6 nitrogen and oxygen atoms in total. The number of rotatable bonds is 5. The molecule has 0 aliphatic heterocycles. The maximum Gasteiger partial charge on any atom is 0.238 e. The van der Waals surface area contributed by atoms with Crippen LogP contribution in [-0.4, -0.2) is 23.8 Å². The number of pyridine rings is 1. The van der Waals surface area contributed by atoms with Gasteiger partial charge in [0.15, 0.2) is 0 Å². The Morgan fingerprint density at radius 3 is 2.12 bits per heavy atom. The van der Waals surface area contributed by atoms with Crippen molar-refractivity contribution < 1.29 is 13.2 Å². The third-order valence-corrected chi connectivity index (χ3v) is 6.61. The molecule has 0 aliphatic carbocycles. The summed E-state index contributed by atoms with van der Waals surface area (Å²) in [6.07, 6.45) is 3.14. The summed E-state index contributed by atoms with van der Waals surface area (Å²) in [4.78, 5) is 17.6. The molecule has 0 amide bonds. The lowest BCUT2D eigenvalue weighted by Crippen LogP contribution is -2.12. The highest BCUT2D eigenvalue weighted by atomic mass is 35.5. The van der Waals surface area contributed by atoms with Crippen LogP contribution >= 0.6 is 11.6 Å². The van der Waals surface area contributed by atoms with Gasteiger partial charge in [-0.2, -0.15) is 0 Å². The Morgan fingerprint density at radius 1 is 0.969 bits per heavy atom. The molecule has 4 aromatic rings. The van der Waals surface area contributed by atoms with E-state index in [0.717, 1.165) is 16.8 Å². The molecule has 0 unspecified atom stereocenters. The zero-order valence-electron chi connectivity index (χ0n) is 17.4. The molecular weight excluding hydrogens is 446 g/mol. The molecule has 0 saturated heterocycles. The highest BCUT2D eigenvalue weighted by Gasteiger charge is 2.26. The molecule has 0 aliphatic rings. The van der Waals surface area contributed by atoms with Gasteiger partial charge in [-0.1, -0.05) is 35.9 Å². The third-order valence-electron chi connectivity index (χ3n) is 5.43. The van der Waals surface area contributed by atoms with Gasteiger partial charge in [0.25, 0.3) is 0 Å². The van der Waals surface area contributed by atoms with Gasteiger partial charge in [0, 0.05) is 46.8 Å². The van der Waals surface area contributed by atoms with Crippen LogP contribution in [0.25, 0.3) is 22.3 Å². The van der Waals surface area contributed by atoms with Crippen LogP contribution in [0.5, 0.6) is 0 Å². The Bertz CT molecular complexity index is 1410. The van der Waals surface area contributed by atoms with Crippen LogP contribution in [0.4, 0.5) is 0 Å². The molecule has 0 saturated carbocycles. The predicted molar refractivity (Wildman–Crippen MR) is 125 cm³/mol. The van der Waals surface area contributed by atoms with Crippen LogP contribution in [0.15, 0.2) is 78.0 Å². The minimum absolute atomic E-state index is 0.00193. The number of nitrogens with two attached hydrogens (primary N) is 1. The summed E-state index contributed by atoms with van der Waals surface area (Å²) in [5.74, 6) is -0.186. The number of nitrogens with zero attached hydrogens (tertiary/aromatic N) is 2. The van der Waals surface area contributed by atoms with Gasteiger partial charge >= 0.3 is 0 Å². The maximum atomic E-state index is 13.5. The number of hydrogen-bond donors (Lipinski definition) is 1. The van der Waals surface area contributed by atoms with Gasteiger partial charge < -0.3 is 4.57 Å². The fourth-order valence-corrected chi connectivity index (χ4v) is 4.41. The van der Waals surface area contributed by atoms with Crippen molar-refractivity contribution in [2.45, 2.75) is 11.8 Å². The van der Waals surface area contributed by atoms with Gasteiger partial charge in [0.1, 0.15) is 0 Å². The van der Waals surface area contributed by atoms with Crippen LogP contribution in [0.2, 0.25) is 5.02 Å². The van der Waals surface area contributed by atoms with Gasteiger partial charge in [-0.25, -0.2) is 13.6 Å². The van der Waals surface area contributed by atoms with Crippen LogP contribution in [0.3, 0.4) is 0 Å². The van der Waals surface area contributed by atoms with E-state index in [9.17, 15) is 13.2 Å². The summed E-state index contributed by atoms with van der Waals surface area (Å²) in [7, 11) is -2.00. The topological polar surface area (TPSA) is 95.1 Å². The Kier molecular flexibility index (Phi) is 5.73. The van der Waals surface area contributed by atoms with E-state index >= 15 is 0 Å². The summed E-state index contributed by atoms with van der Waals surface area (Å²) in [6.45, 7) is 1.94. The van der Waals surface area contributed by atoms with E-state index < -0.39 is 10.0 Å². The van der Waals surface area contributed by atoms with Gasteiger partial charge in [0.05, 0.1) is 10.6 Å². The van der Waals surface area contributed by atoms with Crippen molar-refractivity contribution in [3.8, 4) is 22.3 Å². The van der Waals surface area contributed by atoms with Crippen molar-refractivity contribution >= 4 is 27.4 Å². The lowest BCUT2D eigenvalue weighted by molar-refractivity contribution is 0.103. The summed E-state index contributed by atoms with van der Waals surface area (Å²) in [5, 5.41) is 5.86. The van der Waals surface area contributed by atoms with Gasteiger partial charge in [-0.15, -0.1) is 0 Å². The number of carbonyl (C=O) groups excluding carboxylic acids is 1. The Hall–Kier alpha value is -3.26. The molecule has 4 rings (SSSR count). The van der Waals surface area contributed by atoms with Crippen molar-refractivity contribution in [3.05, 3.63) is 95.0 Å². The second-order valence-electron chi connectivity index (χ2n) is 7.39. The highest BCUT2D eigenvalue weighted by Crippen LogP contribution is 2.40. The maximum absolute atomic E-state index is 13.5. The molecule has 0 spiro atoms. The normalized spacial score (nSPS) is 11.5. The Labute approximate surface area is 191 Å². The van der Waals surface area contributed by atoms with Crippen LogP contribution in [0, 0.1) is 6.92 Å². The first kappa shape index (κ1) is 22.0. The molecule has 162 valence electrons. The average molecular weight is 466 g/mol. The molecule has 0 atom stereocenters. The monoisotopic (exact) mass is 465 g/mol. The summed E-state index contributed by atoms with van der Waals surface area (Å²) >= 11 is 6.09. The number of primary sulfonamides is 1. The minimum atomic E-state index is -3.84. The number of benzene rings is 2. The molecule has 8 heteroatoms. The Morgan fingerprint density at radius 2 is 1.56 bits per heavy atom. The Balaban J connectivity index is 2.01. The van der Waals surface area contributed by atoms with Crippen LogP contribution < -0.4 is 5.14 Å². The van der Waals surface area contributed by atoms with E-state index in [4.69, 9.17) is 16.7 Å². The second kappa shape index (κ2) is 8.35. The van der Waals surface area contributed by atoms with Crippen molar-refractivity contribution in [2.24, 2.45) is 12.2 Å². The number of aromatic nitrogens is 2. The van der Waals surface area contributed by atoms with Crippen LogP contribution in [0.1, 0.15) is 21.7 Å². The molecule has 0 bridgehead atoms. The van der Waals surface area contributed by atoms with Gasteiger partial charge in [-0.05, 0) is 54.4 Å². The SMILES string of the molecule is Cc1c(-c2ccc(Cl)cc2)c(-c2ccc(S(N)(=O)=O)cc2)c(C(=O)c2cccnc2)n1C. The first-order chi connectivity index (χ1) is 15.2. The number of sulfonamides is 1. The van der Waals surface area contributed by atoms with Crippen molar-refractivity contribution in [1.82, 2.24) is 9.55 Å². The van der Waals surface area contributed by atoms with Crippen molar-refractivity contribution in [2.75, 3.05) is 0 Å². The average Bonchev–Trinajstić information content (AvgIpc) is 3.04. The molecule has 32 heavy (non-hydrogen) atoms. The summed E-state index contributed by atoms with van der Waals surface area (Å²) < 4.78 is 25.3. The van der Waals surface area contributed by atoms with E-state index in [2.05, 4.69) is 4.98 Å². The van der Waals surface area contributed by atoms with Gasteiger partial charge in [-0.3, -0.25) is 9.78 Å². The van der Waals surface area contributed by atoms with Crippen molar-refractivity contribution in [1.29, 1.82) is 0 Å². The first-order valence-electron chi connectivity index (χ1n) is 9.71. The minimum Gasteiger partial charge on any atom is -0.344 e. The van der Waals surface area contributed by atoms with Crippen molar-refractivity contribution in [3.63, 3.8) is 0 Å². The predicted octanol–water partition coefficient (Wildman–Crippen LogP) is 4.59. The molecule has 2 N–H and O–H groups in total. The number of halogens is 1.